The first-order valence-electron chi connectivity index (χ1n) is 9.56. The van der Waals surface area contributed by atoms with Crippen LogP contribution in [-0.4, -0.2) is 36.8 Å². The van der Waals surface area contributed by atoms with Crippen LogP contribution in [0.2, 0.25) is 0 Å². The minimum Gasteiger partial charge on any atom is -0.497 e. The zero-order valence-corrected chi connectivity index (χ0v) is 17.2. The van der Waals surface area contributed by atoms with Gasteiger partial charge in [0, 0.05) is 17.8 Å². The van der Waals surface area contributed by atoms with Gasteiger partial charge in [0.15, 0.2) is 5.78 Å². The van der Waals surface area contributed by atoms with Crippen LogP contribution in [-0.2, 0) is 11.3 Å². The van der Waals surface area contributed by atoms with Crippen molar-refractivity contribution < 1.29 is 14.3 Å². The van der Waals surface area contributed by atoms with Crippen LogP contribution < -0.4 is 10.1 Å². The van der Waals surface area contributed by atoms with Crippen LogP contribution in [0.4, 0.5) is 5.69 Å². The van der Waals surface area contributed by atoms with E-state index in [0.717, 1.165) is 22.1 Å². The number of Topliss-reactive ketones (excluding diaryl/α,β-unsaturated/α-hetero) is 1. The fraction of sp³-hybridized carbons (Fsp3) is 0.250. The molecule has 3 aromatic rings. The van der Waals surface area contributed by atoms with E-state index in [1.54, 1.807) is 31.4 Å². The van der Waals surface area contributed by atoms with Gasteiger partial charge in [0.25, 0.3) is 0 Å². The van der Waals surface area contributed by atoms with Gasteiger partial charge in [-0.2, -0.15) is 0 Å². The minimum absolute atomic E-state index is 0.00445. The van der Waals surface area contributed by atoms with Gasteiger partial charge in [-0.15, -0.1) is 0 Å². The minimum atomic E-state index is -0.311. The number of nitrogens with one attached hydrogen (secondary N) is 1. The number of fused-ring (bicyclic) bond motifs is 1. The Balaban J connectivity index is 1.64. The van der Waals surface area contributed by atoms with Gasteiger partial charge < -0.3 is 10.1 Å². The largest absolute Gasteiger partial charge is 0.497 e. The van der Waals surface area contributed by atoms with Crippen LogP contribution in [0.3, 0.4) is 0 Å². The number of hydrogen-bond acceptors (Lipinski definition) is 4. The Labute approximate surface area is 171 Å². The fourth-order valence-corrected chi connectivity index (χ4v) is 3.16. The number of benzene rings is 3. The van der Waals surface area contributed by atoms with Crippen LogP contribution in [0.1, 0.15) is 29.8 Å². The van der Waals surface area contributed by atoms with Crippen molar-refractivity contribution in [3.63, 3.8) is 0 Å². The summed E-state index contributed by atoms with van der Waals surface area (Å²) in [7, 11) is 3.59. The van der Waals surface area contributed by atoms with Crippen molar-refractivity contribution in [2.45, 2.75) is 26.4 Å². The monoisotopic (exact) mass is 390 g/mol. The number of likely N-dealkylation sites (N-methyl/N-ethyl adjacent to an activating group) is 1. The Hall–Kier alpha value is -3.18. The van der Waals surface area contributed by atoms with Gasteiger partial charge in [-0.25, -0.2) is 0 Å². The molecule has 0 saturated heterocycles. The number of ether oxygens (including phenoxy) is 1. The second kappa shape index (κ2) is 8.88. The number of carbonyl (C=O) groups excluding carboxylic acids is 2. The van der Waals surface area contributed by atoms with Crippen molar-refractivity contribution in [1.82, 2.24) is 4.90 Å². The number of carbonyl (C=O) groups is 2. The molecule has 29 heavy (non-hydrogen) atoms. The number of rotatable bonds is 7. The van der Waals surface area contributed by atoms with Gasteiger partial charge in [-0.1, -0.05) is 18.2 Å². The predicted molar refractivity (Wildman–Crippen MR) is 117 cm³/mol. The number of ketones is 1. The van der Waals surface area contributed by atoms with E-state index in [-0.39, 0.29) is 17.7 Å². The summed E-state index contributed by atoms with van der Waals surface area (Å²) < 4.78 is 5.27. The molecule has 0 aromatic heterocycles. The fourth-order valence-electron chi connectivity index (χ4n) is 3.16. The standard InChI is InChI=1S/C24H26N2O3/c1-16(24(28)25-22-10-7-19(8-11-22)17(2)27)26(3)15-18-5-6-21-14-23(29-4)12-9-20(21)13-18/h5-14,16H,15H2,1-4H3,(H,25,28)/t16-/m0/s1. The normalized spacial score (nSPS) is 12.0. The Morgan fingerprint density at radius 2 is 1.66 bits per heavy atom. The summed E-state index contributed by atoms with van der Waals surface area (Å²) in [5, 5.41) is 5.17. The number of nitrogens with zero attached hydrogens (tertiary/aromatic N) is 1. The van der Waals surface area contributed by atoms with Gasteiger partial charge in [0.1, 0.15) is 5.75 Å². The van der Waals surface area contributed by atoms with Crippen LogP contribution in [0.5, 0.6) is 5.75 Å². The number of anilines is 1. The summed E-state index contributed by atoms with van der Waals surface area (Å²) in [5.41, 5.74) is 2.44. The molecular formula is C24H26N2O3. The third-order valence-corrected chi connectivity index (χ3v) is 5.14. The molecule has 0 spiro atoms. The molecule has 1 N–H and O–H groups in total. The Bertz CT molecular complexity index is 1030. The van der Waals surface area contributed by atoms with Crippen molar-refractivity contribution in [3.8, 4) is 5.75 Å². The smallest absolute Gasteiger partial charge is 0.241 e. The second-order valence-corrected chi connectivity index (χ2v) is 7.26. The number of methoxy groups -OCH3 is 1. The van der Waals surface area contributed by atoms with Gasteiger partial charge >= 0.3 is 0 Å². The lowest BCUT2D eigenvalue weighted by molar-refractivity contribution is -0.120. The Kier molecular flexibility index (Phi) is 6.29. The highest BCUT2D eigenvalue weighted by Crippen LogP contribution is 2.22. The Morgan fingerprint density at radius 3 is 2.31 bits per heavy atom. The van der Waals surface area contributed by atoms with Crippen molar-refractivity contribution in [2.75, 3.05) is 19.5 Å². The average molecular weight is 390 g/mol. The molecule has 0 unspecified atom stereocenters. The zero-order valence-electron chi connectivity index (χ0n) is 17.2. The van der Waals surface area contributed by atoms with Crippen LogP contribution >= 0.6 is 0 Å². The van der Waals surface area contributed by atoms with Crippen LogP contribution in [0.15, 0.2) is 60.7 Å². The quantitative estimate of drug-likeness (QED) is 0.603. The van der Waals surface area contributed by atoms with Gasteiger partial charge in [-0.3, -0.25) is 14.5 Å². The van der Waals surface area contributed by atoms with Gasteiger partial charge in [-0.05, 0) is 79.7 Å². The average Bonchev–Trinajstić information content (AvgIpc) is 2.73. The zero-order chi connectivity index (χ0) is 21.0. The SMILES string of the molecule is COc1ccc2cc(CN(C)[C@@H](C)C(=O)Nc3ccc(C(C)=O)cc3)ccc2c1. The molecule has 0 aliphatic carbocycles. The van der Waals surface area contributed by atoms with Crippen molar-refractivity contribution in [3.05, 3.63) is 71.8 Å². The number of amides is 1. The topological polar surface area (TPSA) is 58.6 Å². The molecule has 5 heteroatoms. The first kappa shape index (κ1) is 20.6. The highest BCUT2D eigenvalue weighted by molar-refractivity contribution is 5.97. The summed E-state index contributed by atoms with van der Waals surface area (Å²) in [5.74, 6) is 0.752. The summed E-state index contributed by atoms with van der Waals surface area (Å²) in [6, 6.07) is 18.9. The van der Waals surface area contributed by atoms with E-state index >= 15 is 0 Å². The summed E-state index contributed by atoms with van der Waals surface area (Å²) in [6.07, 6.45) is 0. The molecule has 1 atom stereocenters. The molecule has 0 bridgehead atoms. The van der Waals surface area contributed by atoms with E-state index in [9.17, 15) is 9.59 Å². The lowest BCUT2D eigenvalue weighted by Gasteiger charge is -2.24. The molecule has 5 nitrogen and oxygen atoms in total. The first-order valence-corrected chi connectivity index (χ1v) is 9.56. The molecule has 3 rings (SSSR count). The van der Waals surface area contributed by atoms with E-state index < -0.39 is 0 Å². The molecule has 0 aliphatic rings. The van der Waals surface area contributed by atoms with Crippen molar-refractivity contribution in [2.24, 2.45) is 0 Å². The highest BCUT2D eigenvalue weighted by atomic mass is 16.5. The molecule has 0 aliphatic heterocycles. The molecular weight excluding hydrogens is 364 g/mol. The number of hydrogen-bond donors (Lipinski definition) is 1. The maximum atomic E-state index is 12.6. The van der Waals surface area contributed by atoms with Crippen molar-refractivity contribution in [1.29, 1.82) is 0 Å². The molecule has 0 heterocycles. The highest BCUT2D eigenvalue weighted by Gasteiger charge is 2.18. The summed E-state index contributed by atoms with van der Waals surface area (Å²) in [6.45, 7) is 4.05. The second-order valence-electron chi connectivity index (χ2n) is 7.26. The lowest BCUT2D eigenvalue weighted by Crippen LogP contribution is -2.39. The van der Waals surface area contributed by atoms with Gasteiger partial charge in [0.2, 0.25) is 5.91 Å². The Morgan fingerprint density at radius 1 is 1.00 bits per heavy atom. The van der Waals surface area contributed by atoms with Crippen LogP contribution in [0, 0.1) is 0 Å². The lowest BCUT2D eigenvalue weighted by atomic mass is 10.1. The van der Waals surface area contributed by atoms with E-state index in [2.05, 4.69) is 23.5 Å². The maximum absolute atomic E-state index is 12.6. The third kappa shape index (κ3) is 5.00. The first-order chi connectivity index (χ1) is 13.9. The van der Waals surface area contributed by atoms with E-state index in [1.807, 2.05) is 37.1 Å². The predicted octanol–water partition coefficient (Wildman–Crippen LogP) is 4.51. The molecule has 1 amide bonds. The summed E-state index contributed by atoms with van der Waals surface area (Å²) >= 11 is 0. The van der Waals surface area contributed by atoms with Crippen LogP contribution in [0.25, 0.3) is 10.8 Å². The third-order valence-electron chi connectivity index (χ3n) is 5.14. The maximum Gasteiger partial charge on any atom is 0.241 e. The van der Waals surface area contributed by atoms with E-state index in [1.165, 1.54) is 6.92 Å². The molecule has 0 saturated carbocycles. The summed E-state index contributed by atoms with van der Waals surface area (Å²) in [4.78, 5) is 26.0. The molecule has 3 aromatic carbocycles. The van der Waals surface area contributed by atoms with Crippen molar-refractivity contribution >= 4 is 28.2 Å². The molecule has 0 fully saturated rings. The molecule has 150 valence electrons. The van der Waals surface area contributed by atoms with Gasteiger partial charge in [0.05, 0.1) is 13.2 Å². The van der Waals surface area contributed by atoms with E-state index in [0.29, 0.717) is 17.8 Å². The molecule has 0 radical (unpaired) electrons. The van der Waals surface area contributed by atoms with E-state index in [4.69, 9.17) is 4.74 Å².